The highest BCUT2D eigenvalue weighted by Gasteiger charge is 2.47. The Hall–Kier alpha value is -3.84. The first-order chi connectivity index (χ1) is 17.8. The highest BCUT2D eigenvalue weighted by molar-refractivity contribution is 5.99. The van der Waals surface area contributed by atoms with E-state index in [2.05, 4.69) is 20.4 Å². The van der Waals surface area contributed by atoms with Crippen LogP contribution in [0.4, 0.5) is 32.3 Å². The number of benzene rings is 1. The number of piperidine rings is 1. The number of hydrogen-bond acceptors (Lipinski definition) is 6. The van der Waals surface area contributed by atoms with Crippen LogP contribution in [0, 0.1) is 11.7 Å². The normalized spacial score (nSPS) is 19.3. The number of rotatable bonds is 6. The average Bonchev–Trinajstić information content (AvgIpc) is 3.22. The topological polar surface area (TPSA) is 85.2 Å². The Morgan fingerprint density at radius 3 is 2.61 bits per heavy atom. The van der Waals surface area contributed by atoms with Crippen molar-refractivity contribution in [1.82, 2.24) is 24.6 Å². The first kappa shape index (κ1) is 27.2. The number of aromatic nitrogens is 4. The minimum atomic E-state index is -4.74. The molecule has 1 aliphatic heterocycles. The van der Waals surface area contributed by atoms with Gasteiger partial charge in [-0.2, -0.15) is 23.3 Å². The summed E-state index contributed by atoms with van der Waals surface area (Å²) >= 11 is 0. The minimum Gasteiger partial charge on any atom is -0.480 e. The van der Waals surface area contributed by atoms with E-state index < -0.39 is 60.2 Å². The summed E-state index contributed by atoms with van der Waals surface area (Å²) in [6, 6.07) is 4.87. The molecule has 2 aromatic heterocycles. The molecule has 1 saturated heterocycles. The molecule has 0 bridgehead atoms. The summed E-state index contributed by atoms with van der Waals surface area (Å²) in [7, 11) is 2.54. The van der Waals surface area contributed by atoms with Crippen LogP contribution >= 0.6 is 0 Å². The van der Waals surface area contributed by atoms with Gasteiger partial charge in [0.25, 0.3) is 11.8 Å². The van der Waals surface area contributed by atoms with Gasteiger partial charge in [-0.15, -0.1) is 0 Å². The van der Waals surface area contributed by atoms with Crippen LogP contribution in [0.15, 0.2) is 36.7 Å². The van der Waals surface area contributed by atoms with Gasteiger partial charge in [-0.05, 0) is 12.0 Å². The van der Waals surface area contributed by atoms with Crippen molar-refractivity contribution in [2.45, 2.75) is 31.5 Å². The molecule has 1 aliphatic rings. The quantitative estimate of drug-likeness (QED) is 0.457. The lowest BCUT2D eigenvalue weighted by molar-refractivity contribution is -0.139. The maximum absolute atomic E-state index is 14.6. The fraction of sp³-hybridized carbons (Fsp3) is 0.417. The summed E-state index contributed by atoms with van der Waals surface area (Å²) in [5, 5.41) is 6.86. The maximum atomic E-state index is 14.6. The molecule has 1 unspecified atom stereocenters. The van der Waals surface area contributed by atoms with Gasteiger partial charge in [-0.25, -0.2) is 18.2 Å². The van der Waals surface area contributed by atoms with Crippen LogP contribution in [0.25, 0.3) is 11.1 Å². The molecular weight excluding hydrogens is 518 g/mol. The highest BCUT2D eigenvalue weighted by Crippen LogP contribution is 2.37. The number of anilines is 1. The molecular formula is C24H24F6N6O2. The fourth-order valence-corrected chi connectivity index (χ4v) is 4.54. The van der Waals surface area contributed by atoms with Crippen molar-refractivity contribution in [1.29, 1.82) is 0 Å². The van der Waals surface area contributed by atoms with Crippen molar-refractivity contribution in [3.05, 3.63) is 53.7 Å². The first-order valence-corrected chi connectivity index (χ1v) is 11.5. The van der Waals surface area contributed by atoms with E-state index in [1.54, 1.807) is 6.07 Å². The van der Waals surface area contributed by atoms with Gasteiger partial charge in [0.2, 0.25) is 11.8 Å². The zero-order valence-electron chi connectivity index (χ0n) is 20.6. The second-order valence-electron chi connectivity index (χ2n) is 9.08. The zero-order valence-corrected chi connectivity index (χ0v) is 20.6. The maximum Gasteiger partial charge on any atom is 0.423 e. The van der Waals surface area contributed by atoms with Crippen LogP contribution in [0.5, 0.6) is 5.88 Å². The molecule has 0 aliphatic carbocycles. The van der Waals surface area contributed by atoms with Crippen LogP contribution in [-0.2, 0) is 13.2 Å². The number of alkyl halides is 5. The minimum absolute atomic E-state index is 0.0840. The van der Waals surface area contributed by atoms with E-state index in [1.165, 1.54) is 43.0 Å². The zero-order chi connectivity index (χ0) is 27.8. The Bertz CT molecular complexity index is 1330. The molecule has 3 aromatic rings. The molecule has 1 N–H and O–H groups in total. The number of amides is 1. The number of likely N-dealkylation sites (tertiary alicyclic amines) is 1. The van der Waals surface area contributed by atoms with Crippen molar-refractivity contribution < 1.29 is 35.9 Å². The third kappa shape index (κ3) is 5.53. The van der Waals surface area contributed by atoms with Gasteiger partial charge in [0.05, 0.1) is 19.7 Å². The summed E-state index contributed by atoms with van der Waals surface area (Å²) in [5.74, 6) is -6.34. The lowest BCUT2D eigenvalue weighted by Gasteiger charge is -2.43. The second-order valence-corrected chi connectivity index (χ2v) is 9.08. The van der Waals surface area contributed by atoms with Gasteiger partial charge in [0.1, 0.15) is 11.4 Å². The number of carbonyl (C=O) groups excluding carboxylic acids is 1. The highest BCUT2D eigenvalue weighted by atomic mass is 19.4. The number of nitrogens with zero attached hydrogens (tertiary/aromatic N) is 5. The van der Waals surface area contributed by atoms with E-state index in [0.717, 1.165) is 12.0 Å². The average molecular weight is 542 g/mol. The molecule has 0 spiro atoms. The monoisotopic (exact) mass is 542 g/mol. The Balaban J connectivity index is 1.64. The third-order valence-corrected chi connectivity index (χ3v) is 6.26. The Kier molecular flexibility index (Phi) is 7.26. The predicted octanol–water partition coefficient (Wildman–Crippen LogP) is 4.64. The van der Waals surface area contributed by atoms with Gasteiger partial charge in [-0.3, -0.25) is 9.48 Å². The van der Waals surface area contributed by atoms with E-state index in [9.17, 15) is 31.1 Å². The van der Waals surface area contributed by atoms with E-state index in [1.807, 2.05) is 0 Å². The Labute approximate surface area is 213 Å². The molecule has 3 heterocycles. The van der Waals surface area contributed by atoms with Crippen LogP contribution in [-0.4, -0.2) is 62.7 Å². The molecule has 1 amide bonds. The van der Waals surface area contributed by atoms with Crippen LogP contribution in [0.3, 0.4) is 0 Å². The first-order valence-electron chi connectivity index (χ1n) is 11.5. The van der Waals surface area contributed by atoms with Gasteiger partial charge in [-0.1, -0.05) is 25.1 Å². The number of carbonyl (C=O) groups is 1. The second kappa shape index (κ2) is 10.1. The molecule has 0 saturated carbocycles. The molecule has 1 aromatic carbocycles. The van der Waals surface area contributed by atoms with Gasteiger partial charge >= 0.3 is 6.18 Å². The van der Waals surface area contributed by atoms with E-state index >= 15 is 0 Å². The van der Waals surface area contributed by atoms with Crippen molar-refractivity contribution in [3.63, 3.8) is 0 Å². The number of methoxy groups -OCH3 is 1. The molecule has 8 nitrogen and oxygen atoms in total. The molecule has 4 rings (SSSR count). The van der Waals surface area contributed by atoms with Gasteiger partial charge in [0.15, 0.2) is 5.69 Å². The van der Waals surface area contributed by atoms with Crippen molar-refractivity contribution in [2.24, 2.45) is 13.0 Å². The molecule has 14 heteroatoms. The van der Waals surface area contributed by atoms with Crippen LogP contribution < -0.4 is 10.1 Å². The van der Waals surface area contributed by atoms with E-state index in [0.29, 0.717) is 6.20 Å². The molecule has 204 valence electrons. The van der Waals surface area contributed by atoms with Crippen molar-refractivity contribution in [2.75, 3.05) is 25.5 Å². The molecule has 38 heavy (non-hydrogen) atoms. The van der Waals surface area contributed by atoms with Gasteiger partial charge in [0, 0.05) is 43.5 Å². The molecule has 2 atom stereocenters. The number of ether oxygens (including phenoxy) is 1. The lowest BCUT2D eigenvalue weighted by atomic mass is 9.88. The summed E-state index contributed by atoms with van der Waals surface area (Å²) in [4.78, 5) is 21.9. The lowest BCUT2D eigenvalue weighted by Crippen LogP contribution is -2.57. The molecule has 0 radical (unpaired) electrons. The predicted molar refractivity (Wildman–Crippen MR) is 124 cm³/mol. The number of halogens is 6. The SMILES string of the molecule is COc1nc(NCC2[C@H](C)CC(F)(F)CN2C(=O)c2nn(C)cc2-c2ccccc2F)ncc1C(F)(F)F. The van der Waals surface area contributed by atoms with Crippen molar-refractivity contribution in [3.8, 4) is 17.0 Å². The smallest absolute Gasteiger partial charge is 0.423 e. The van der Waals surface area contributed by atoms with Crippen LogP contribution in [0.2, 0.25) is 0 Å². The number of aryl methyl sites for hydroxylation is 1. The Morgan fingerprint density at radius 1 is 1.24 bits per heavy atom. The largest absolute Gasteiger partial charge is 0.480 e. The van der Waals surface area contributed by atoms with E-state index in [-0.39, 0.29) is 29.3 Å². The summed E-state index contributed by atoms with van der Waals surface area (Å²) in [5.41, 5.74) is -1.16. The number of nitrogens with one attached hydrogen (secondary N) is 1. The van der Waals surface area contributed by atoms with Gasteiger partial charge < -0.3 is 15.0 Å². The summed E-state index contributed by atoms with van der Waals surface area (Å²) in [6.07, 6.45) is -3.30. The van der Waals surface area contributed by atoms with Crippen LogP contribution in [0.1, 0.15) is 29.4 Å². The summed E-state index contributed by atoms with van der Waals surface area (Å²) in [6.45, 7) is 0.455. The standard InChI is InChI=1S/C24H24F6N6O2/c1-13-8-23(26,27)12-36(18(13)10-32-22-31-9-16(24(28,29)30)20(33-22)38-3)21(37)19-15(11-35(2)34-19)14-6-4-5-7-17(14)25/h4-7,9,11,13,18H,8,10,12H2,1-3H3,(H,31,32,33)/t13-,18?/m1/s1. The summed E-state index contributed by atoms with van der Waals surface area (Å²) < 4.78 is 89.1. The van der Waals surface area contributed by atoms with E-state index in [4.69, 9.17) is 4.74 Å². The molecule has 1 fully saturated rings. The third-order valence-electron chi connectivity index (χ3n) is 6.26. The fourth-order valence-electron chi connectivity index (χ4n) is 4.54. The number of hydrogen-bond donors (Lipinski definition) is 1. The van der Waals surface area contributed by atoms with Crippen molar-refractivity contribution >= 4 is 11.9 Å². The Morgan fingerprint density at radius 2 is 1.95 bits per heavy atom.